The highest BCUT2D eigenvalue weighted by molar-refractivity contribution is 5.39. The van der Waals surface area contributed by atoms with E-state index < -0.39 is 0 Å². The van der Waals surface area contributed by atoms with E-state index in [4.69, 9.17) is 4.74 Å². The Morgan fingerprint density at radius 1 is 1.42 bits per heavy atom. The Kier molecular flexibility index (Phi) is 4.48. The highest BCUT2D eigenvalue weighted by atomic mass is 16.5. The second kappa shape index (κ2) is 5.93. The summed E-state index contributed by atoms with van der Waals surface area (Å²) in [6.07, 6.45) is 3.53. The van der Waals surface area contributed by atoms with E-state index in [9.17, 15) is 5.11 Å². The van der Waals surface area contributed by atoms with E-state index in [2.05, 4.69) is 31.3 Å². The first-order chi connectivity index (χ1) is 9.05. The van der Waals surface area contributed by atoms with Crippen LogP contribution in [-0.4, -0.2) is 25.4 Å². The van der Waals surface area contributed by atoms with Crippen LogP contribution in [-0.2, 0) is 6.42 Å². The lowest BCUT2D eigenvalue weighted by atomic mass is 9.86. The Labute approximate surface area is 116 Å². The number of benzene rings is 1. The quantitative estimate of drug-likeness (QED) is 0.858. The average Bonchev–Trinajstić information content (AvgIpc) is 2.44. The van der Waals surface area contributed by atoms with Gasteiger partial charge in [-0.2, -0.15) is 0 Å². The van der Waals surface area contributed by atoms with Gasteiger partial charge in [0.15, 0.2) is 0 Å². The average molecular weight is 263 g/mol. The number of methoxy groups -OCH3 is 1. The first-order valence-electron chi connectivity index (χ1n) is 7.07. The molecule has 3 heteroatoms. The first kappa shape index (κ1) is 14.4. The Hall–Kier alpha value is -1.06. The van der Waals surface area contributed by atoms with Gasteiger partial charge in [0.25, 0.3) is 0 Å². The topological polar surface area (TPSA) is 41.5 Å². The lowest BCUT2D eigenvalue weighted by molar-refractivity contribution is 0.152. The van der Waals surface area contributed by atoms with Gasteiger partial charge in [0.2, 0.25) is 0 Å². The van der Waals surface area contributed by atoms with E-state index in [0.29, 0.717) is 6.04 Å². The number of aryl methyl sites for hydroxylation is 1. The molecule has 1 unspecified atom stereocenters. The Morgan fingerprint density at radius 3 is 2.89 bits per heavy atom. The molecule has 0 aromatic heterocycles. The van der Waals surface area contributed by atoms with Gasteiger partial charge in [-0.3, -0.25) is 0 Å². The van der Waals surface area contributed by atoms with Crippen molar-refractivity contribution in [2.45, 2.75) is 39.2 Å². The zero-order valence-electron chi connectivity index (χ0n) is 12.2. The smallest absolute Gasteiger partial charge is 0.119 e. The van der Waals surface area contributed by atoms with Crippen LogP contribution >= 0.6 is 0 Å². The Balaban J connectivity index is 2.12. The normalized spacial score (nSPS) is 19.1. The molecule has 0 amide bonds. The molecule has 1 aliphatic rings. The summed E-state index contributed by atoms with van der Waals surface area (Å²) in [5.74, 6) is 0.925. The third kappa shape index (κ3) is 3.48. The summed E-state index contributed by atoms with van der Waals surface area (Å²) < 4.78 is 5.33. The third-order valence-corrected chi connectivity index (χ3v) is 3.92. The van der Waals surface area contributed by atoms with Crippen molar-refractivity contribution < 1.29 is 9.84 Å². The van der Waals surface area contributed by atoms with Crippen molar-refractivity contribution in [3.05, 3.63) is 29.3 Å². The molecule has 1 atom stereocenters. The van der Waals surface area contributed by atoms with E-state index in [1.807, 2.05) is 6.07 Å². The van der Waals surface area contributed by atoms with Crippen molar-refractivity contribution in [2.24, 2.45) is 5.41 Å². The molecule has 19 heavy (non-hydrogen) atoms. The second-order valence-electron chi connectivity index (χ2n) is 6.21. The van der Waals surface area contributed by atoms with E-state index in [1.54, 1.807) is 7.11 Å². The monoisotopic (exact) mass is 263 g/mol. The fraction of sp³-hybridized carbons (Fsp3) is 0.625. The van der Waals surface area contributed by atoms with Gasteiger partial charge < -0.3 is 15.2 Å². The summed E-state index contributed by atoms with van der Waals surface area (Å²) in [6, 6.07) is 6.75. The fourth-order valence-corrected chi connectivity index (χ4v) is 2.57. The summed E-state index contributed by atoms with van der Waals surface area (Å²) in [4.78, 5) is 0. The predicted molar refractivity (Wildman–Crippen MR) is 77.5 cm³/mol. The number of hydrogen-bond acceptors (Lipinski definition) is 3. The maximum absolute atomic E-state index is 9.34. The maximum Gasteiger partial charge on any atom is 0.119 e. The van der Waals surface area contributed by atoms with Crippen LogP contribution in [0.5, 0.6) is 5.75 Å². The zero-order valence-corrected chi connectivity index (χ0v) is 12.2. The molecule has 0 aliphatic heterocycles. The number of fused-ring (bicyclic) bond motifs is 1. The molecule has 1 aromatic rings. The van der Waals surface area contributed by atoms with Gasteiger partial charge in [-0.05, 0) is 42.5 Å². The van der Waals surface area contributed by atoms with Crippen molar-refractivity contribution in [3.8, 4) is 5.75 Å². The minimum Gasteiger partial charge on any atom is -0.497 e. The van der Waals surface area contributed by atoms with Gasteiger partial charge in [0.1, 0.15) is 5.75 Å². The molecular formula is C16H25NO2. The van der Waals surface area contributed by atoms with Crippen molar-refractivity contribution in [1.82, 2.24) is 5.32 Å². The third-order valence-electron chi connectivity index (χ3n) is 3.92. The molecule has 1 aliphatic carbocycles. The molecule has 2 N–H and O–H groups in total. The molecule has 0 fully saturated rings. The van der Waals surface area contributed by atoms with Crippen LogP contribution in [0, 0.1) is 5.41 Å². The van der Waals surface area contributed by atoms with Gasteiger partial charge in [0, 0.05) is 24.6 Å². The van der Waals surface area contributed by atoms with Crippen LogP contribution in [0.3, 0.4) is 0 Å². The molecule has 0 saturated carbocycles. The number of hydrogen-bond donors (Lipinski definition) is 2. The highest BCUT2D eigenvalue weighted by Crippen LogP contribution is 2.32. The summed E-state index contributed by atoms with van der Waals surface area (Å²) in [6.45, 7) is 5.19. The van der Waals surface area contributed by atoms with E-state index in [1.165, 1.54) is 17.5 Å². The van der Waals surface area contributed by atoms with Crippen LogP contribution in [0.2, 0.25) is 0 Å². The molecule has 3 nitrogen and oxygen atoms in total. The van der Waals surface area contributed by atoms with E-state index in [-0.39, 0.29) is 12.0 Å². The van der Waals surface area contributed by atoms with Crippen LogP contribution in [0.1, 0.15) is 43.9 Å². The van der Waals surface area contributed by atoms with Crippen LogP contribution in [0.15, 0.2) is 18.2 Å². The Morgan fingerprint density at radius 2 is 2.21 bits per heavy atom. The molecule has 1 aromatic carbocycles. The minimum atomic E-state index is -0.0729. The predicted octanol–water partition coefficient (Wildman–Crippen LogP) is 2.68. The molecule has 0 bridgehead atoms. The van der Waals surface area contributed by atoms with Crippen LogP contribution in [0.4, 0.5) is 0 Å². The highest BCUT2D eigenvalue weighted by Gasteiger charge is 2.23. The van der Waals surface area contributed by atoms with Gasteiger partial charge in [-0.15, -0.1) is 0 Å². The molecule has 0 heterocycles. The summed E-state index contributed by atoms with van der Waals surface area (Å²) >= 11 is 0. The van der Waals surface area contributed by atoms with Gasteiger partial charge in [-0.25, -0.2) is 0 Å². The molecule has 0 saturated heterocycles. The van der Waals surface area contributed by atoms with Crippen LogP contribution < -0.4 is 10.1 Å². The van der Waals surface area contributed by atoms with Crippen molar-refractivity contribution in [1.29, 1.82) is 0 Å². The number of nitrogens with one attached hydrogen (secondary N) is 1. The maximum atomic E-state index is 9.34. The largest absolute Gasteiger partial charge is 0.497 e. The fourth-order valence-electron chi connectivity index (χ4n) is 2.57. The lowest BCUT2D eigenvalue weighted by Crippen LogP contribution is -2.35. The van der Waals surface area contributed by atoms with Gasteiger partial charge in [-0.1, -0.05) is 19.9 Å². The van der Waals surface area contributed by atoms with E-state index >= 15 is 0 Å². The summed E-state index contributed by atoms with van der Waals surface area (Å²) in [7, 11) is 1.71. The van der Waals surface area contributed by atoms with Gasteiger partial charge in [0.05, 0.1) is 7.11 Å². The number of rotatable bonds is 5. The number of aliphatic hydroxyl groups is 1. The first-order valence-corrected chi connectivity index (χ1v) is 7.07. The minimum absolute atomic E-state index is 0.0729. The standard InChI is InChI=1S/C16H25NO2/c1-16(2,11-18)10-17-15-6-4-5-12-7-8-13(19-3)9-14(12)15/h7-9,15,17-18H,4-6,10-11H2,1-3H3. The van der Waals surface area contributed by atoms with Crippen molar-refractivity contribution in [3.63, 3.8) is 0 Å². The number of ether oxygens (including phenoxy) is 1. The molecule has 0 spiro atoms. The second-order valence-corrected chi connectivity index (χ2v) is 6.21. The zero-order chi connectivity index (χ0) is 13.9. The number of aliphatic hydroxyl groups excluding tert-OH is 1. The van der Waals surface area contributed by atoms with Crippen molar-refractivity contribution >= 4 is 0 Å². The molecule has 2 rings (SSSR count). The molecule has 0 radical (unpaired) electrons. The molecule has 106 valence electrons. The molecular weight excluding hydrogens is 238 g/mol. The van der Waals surface area contributed by atoms with Crippen molar-refractivity contribution in [2.75, 3.05) is 20.3 Å². The SMILES string of the molecule is COc1ccc2c(c1)C(NCC(C)(C)CO)CCC2. The lowest BCUT2D eigenvalue weighted by Gasteiger charge is -2.31. The summed E-state index contributed by atoms with van der Waals surface area (Å²) in [5.41, 5.74) is 2.71. The van der Waals surface area contributed by atoms with E-state index in [0.717, 1.165) is 25.1 Å². The summed E-state index contributed by atoms with van der Waals surface area (Å²) in [5, 5.41) is 12.9. The van der Waals surface area contributed by atoms with Crippen LogP contribution in [0.25, 0.3) is 0 Å². The van der Waals surface area contributed by atoms with Gasteiger partial charge >= 0.3 is 0 Å². The Bertz CT molecular complexity index is 429.